The van der Waals surface area contributed by atoms with Crippen molar-refractivity contribution < 1.29 is 9.72 Å². The van der Waals surface area contributed by atoms with Crippen LogP contribution in [0.5, 0.6) is 0 Å². The number of amides is 1. The molecule has 0 bridgehead atoms. The number of rotatable bonds is 2. The Morgan fingerprint density at radius 1 is 1.26 bits per heavy atom. The van der Waals surface area contributed by atoms with Crippen molar-refractivity contribution in [1.29, 1.82) is 0 Å². The topological polar surface area (TPSA) is 115 Å². The number of carbonyl (C=O) groups excluding carboxylic acids is 1. The number of nitrogen functional groups attached to an aromatic ring is 1. The van der Waals surface area contributed by atoms with Crippen LogP contribution in [-0.2, 0) is 0 Å². The van der Waals surface area contributed by atoms with Gasteiger partial charge >= 0.3 is 0 Å². The number of non-ortho nitro benzene ring substituents is 1. The Bertz CT molecular complexity index is 419. The van der Waals surface area contributed by atoms with E-state index in [9.17, 15) is 14.9 Å². The fourth-order valence-corrected chi connectivity index (χ4v) is 1.03. The van der Waals surface area contributed by atoms with Gasteiger partial charge in [0.1, 0.15) is 0 Å². The molecule has 1 rings (SSSR count). The molecule has 0 radical (unpaired) electrons. The summed E-state index contributed by atoms with van der Waals surface area (Å²) in [7, 11) is 1.33. The van der Waals surface area contributed by atoms with Gasteiger partial charge in [0.15, 0.2) is 0 Å². The zero-order valence-corrected chi connectivity index (χ0v) is 12.0. The van der Waals surface area contributed by atoms with Crippen LogP contribution < -0.4 is 11.6 Å². The average Bonchev–Trinajstić information content (AvgIpc) is 2.42. The second-order valence-electron chi connectivity index (χ2n) is 2.94. The van der Waals surface area contributed by atoms with Gasteiger partial charge in [-0.1, -0.05) is 27.7 Å². The lowest BCUT2D eigenvalue weighted by atomic mass is 10.1. The van der Waals surface area contributed by atoms with Gasteiger partial charge in [0.2, 0.25) is 0 Å². The van der Waals surface area contributed by atoms with Gasteiger partial charge in [-0.2, -0.15) is 0 Å². The van der Waals surface area contributed by atoms with Crippen LogP contribution in [-0.4, -0.2) is 22.9 Å². The Morgan fingerprint density at radius 2 is 1.74 bits per heavy atom. The number of hydrazine groups is 1. The molecule has 0 saturated heterocycles. The molecule has 108 valence electrons. The van der Waals surface area contributed by atoms with Gasteiger partial charge in [0.05, 0.1) is 10.5 Å². The summed E-state index contributed by atoms with van der Waals surface area (Å²) < 4.78 is 0. The summed E-state index contributed by atoms with van der Waals surface area (Å²) in [5, 5.41) is 11.3. The van der Waals surface area contributed by atoms with Crippen LogP contribution in [0.25, 0.3) is 0 Å². The van der Waals surface area contributed by atoms with Crippen LogP contribution in [0, 0.1) is 10.1 Å². The molecule has 1 aromatic carbocycles. The molecule has 0 aliphatic carbocycles. The standard InChI is InChI=1S/C8H10N4O3.2C2H6/c1-11(10)8(13)6-4-5(12(14)15)2-3-7(6)9;2*1-2/h2-4H,9-10H2,1H3;2*1-2H3. The maximum atomic E-state index is 11.4. The van der Waals surface area contributed by atoms with Gasteiger partial charge in [-0.05, 0) is 6.07 Å². The molecule has 4 N–H and O–H groups in total. The van der Waals surface area contributed by atoms with E-state index in [-0.39, 0.29) is 16.9 Å². The Morgan fingerprint density at radius 3 is 2.11 bits per heavy atom. The quantitative estimate of drug-likeness (QED) is 0.281. The number of nitro benzene ring substituents is 1. The van der Waals surface area contributed by atoms with Crippen molar-refractivity contribution in [3.8, 4) is 0 Å². The first-order valence-electron chi connectivity index (χ1n) is 6.00. The number of hydrogen-bond acceptors (Lipinski definition) is 5. The summed E-state index contributed by atoms with van der Waals surface area (Å²) in [6.07, 6.45) is 0. The lowest BCUT2D eigenvalue weighted by Gasteiger charge is -2.11. The number of nitrogens with two attached hydrogens (primary N) is 2. The smallest absolute Gasteiger partial charge is 0.270 e. The highest BCUT2D eigenvalue weighted by Crippen LogP contribution is 2.20. The van der Waals surface area contributed by atoms with Crippen LogP contribution in [0.3, 0.4) is 0 Å². The Labute approximate surface area is 113 Å². The first-order chi connectivity index (χ1) is 8.93. The van der Waals surface area contributed by atoms with E-state index in [4.69, 9.17) is 11.6 Å². The maximum Gasteiger partial charge on any atom is 0.270 e. The SMILES string of the molecule is CC.CC.CN(N)C(=O)c1cc([N+](=O)[O-])ccc1N. The first-order valence-corrected chi connectivity index (χ1v) is 6.00. The minimum absolute atomic E-state index is 0.0224. The molecule has 7 nitrogen and oxygen atoms in total. The van der Waals surface area contributed by atoms with Gasteiger partial charge < -0.3 is 5.73 Å². The molecule has 0 aliphatic rings. The normalized spacial score (nSPS) is 8.32. The van der Waals surface area contributed by atoms with Gasteiger partial charge in [-0.15, -0.1) is 0 Å². The fourth-order valence-electron chi connectivity index (χ4n) is 1.03. The van der Waals surface area contributed by atoms with Crippen molar-refractivity contribution in [3.63, 3.8) is 0 Å². The number of anilines is 1. The van der Waals surface area contributed by atoms with E-state index >= 15 is 0 Å². The van der Waals surface area contributed by atoms with E-state index in [1.165, 1.54) is 19.2 Å². The lowest BCUT2D eigenvalue weighted by molar-refractivity contribution is -0.384. The van der Waals surface area contributed by atoms with E-state index < -0.39 is 10.8 Å². The highest BCUT2D eigenvalue weighted by molar-refractivity contribution is 5.99. The van der Waals surface area contributed by atoms with Gasteiger partial charge in [-0.25, -0.2) is 5.84 Å². The predicted octanol–water partition coefficient (Wildman–Crippen LogP) is 2.18. The molecule has 0 saturated carbocycles. The number of nitrogens with zero attached hydrogens (tertiary/aromatic N) is 2. The van der Waals surface area contributed by atoms with E-state index in [0.29, 0.717) is 0 Å². The summed E-state index contributed by atoms with van der Waals surface area (Å²) in [5.41, 5.74) is 5.48. The zero-order valence-electron chi connectivity index (χ0n) is 12.0. The Kier molecular flexibility index (Phi) is 9.94. The summed E-state index contributed by atoms with van der Waals surface area (Å²) in [4.78, 5) is 21.3. The third-order valence-corrected chi connectivity index (χ3v) is 1.80. The molecule has 0 aromatic heterocycles. The van der Waals surface area contributed by atoms with Crippen LogP contribution in [0.2, 0.25) is 0 Å². The minimum Gasteiger partial charge on any atom is -0.398 e. The second-order valence-corrected chi connectivity index (χ2v) is 2.94. The van der Waals surface area contributed by atoms with Gasteiger partial charge in [0, 0.05) is 24.9 Å². The van der Waals surface area contributed by atoms with Crippen LogP contribution in [0.15, 0.2) is 18.2 Å². The summed E-state index contributed by atoms with van der Waals surface area (Å²) in [5.74, 6) is 4.65. The van der Waals surface area contributed by atoms with Crippen molar-refractivity contribution >= 4 is 17.3 Å². The molecule has 19 heavy (non-hydrogen) atoms. The van der Waals surface area contributed by atoms with Gasteiger partial charge in [-0.3, -0.25) is 19.9 Å². The molecule has 1 amide bonds. The van der Waals surface area contributed by atoms with Gasteiger partial charge in [0.25, 0.3) is 11.6 Å². The van der Waals surface area contributed by atoms with Crippen LogP contribution in [0.4, 0.5) is 11.4 Å². The zero-order chi connectivity index (χ0) is 15.6. The molecule has 0 aliphatic heterocycles. The monoisotopic (exact) mass is 270 g/mol. The van der Waals surface area contributed by atoms with Crippen LogP contribution in [0.1, 0.15) is 38.1 Å². The fraction of sp³-hybridized carbons (Fsp3) is 0.417. The van der Waals surface area contributed by atoms with Crippen molar-refractivity contribution in [2.45, 2.75) is 27.7 Å². The molecule has 0 fully saturated rings. The van der Waals surface area contributed by atoms with Crippen molar-refractivity contribution in [2.24, 2.45) is 5.84 Å². The lowest BCUT2D eigenvalue weighted by Crippen LogP contribution is -2.33. The third-order valence-electron chi connectivity index (χ3n) is 1.80. The molecule has 0 unspecified atom stereocenters. The number of nitro groups is 1. The highest BCUT2D eigenvalue weighted by Gasteiger charge is 2.16. The molecule has 0 heterocycles. The Balaban J connectivity index is 0. The summed E-state index contributed by atoms with van der Waals surface area (Å²) in [6.45, 7) is 8.00. The van der Waals surface area contributed by atoms with Crippen molar-refractivity contribution in [2.75, 3.05) is 12.8 Å². The van der Waals surface area contributed by atoms with E-state index in [2.05, 4.69) is 0 Å². The third kappa shape index (κ3) is 5.82. The predicted molar refractivity (Wildman–Crippen MR) is 76.5 cm³/mol. The molecular weight excluding hydrogens is 248 g/mol. The molecule has 1 aromatic rings. The minimum atomic E-state index is -0.604. The maximum absolute atomic E-state index is 11.4. The van der Waals surface area contributed by atoms with E-state index in [0.717, 1.165) is 11.1 Å². The van der Waals surface area contributed by atoms with Crippen molar-refractivity contribution in [3.05, 3.63) is 33.9 Å². The highest BCUT2D eigenvalue weighted by atomic mass is 16.6. The van der Waals surface area contributed by atoms with E-state index in [1.54, 1.807) is 0 Å². The van der Waals surface area contributed by atoms with E-state index in [1.807, 2.05) is 27.7 Å². The molecular formula is C12H22N4O3. The molecule has 0 atom stereocenters. The number of hydrogen-bond donors (Lipinski definition) is 2. The number of carbonyl (C=O) groups is 1. The first kappa shape index (κ1) is 19.2. The summed E-state index contributed by atoms with van der Waals surface area (Å²) in [6, 6.07) is 3.62. The average molecular weight is 270 g/mol. The van der Waals surface area contributed by atoms with Crippen molar-refractivity contribution in [1.82, 2.24) is 5.01 Å². The number of benzene rings is 1. The molecule has 7 heteroatoms. The molecule has 0 spiro atoms. The largest absolute Gasteiger partial charge is 0.398 e. The van der Waals surface area contributed by atoms with Crippen LogP contribution >= 0.6 is 0 Å². The second kappa shape index (κ2) is 9.84. The Hall–Kier alpha value is -2.15. The summed E-state index contributed by atoms with van der Waals surface area (Å²) >= 11 is 0.